The molecule has 0 radical (unpaired) electrons. The fourth-order valence-corrected chi connectivity index (χ4v) is 1.70. The van der Waals surface area contributed by atoms with Crippen LogP contribution in [0.3, 0.4) is 0 Å². The predicted molar refractivity (Wildman–Crippen MR) is 65.8 cm³/mol. The van der Waals surface area contributed by atoms with E-state index in [9.17, 15) is 13.2 Å². The normalized spacial score (nSPS) is 13.5. The highest BCUT2D eigenvalue weighted by molar-refractivity contribution is 5.82. The summed E-state index contributed by atoms with van der Waals surface area (Å²) in [7, 11) is 0. The van der Waals surface area contributed by atoms with Gasteiger partial charge in [-0.1, -0.05) is 18.2 Å². The third-order valence-electron chi connectivity index (χ3n) is 2.76. The van der Waals surface area contributed by atoms with Gasteiger partial charge in [0.05, 0.1) is 5.52 Å². The van der Waals surface area contributed by atoms with Crippen LogP contribution in [0.1, 0.15) is 12.5 Å². The number of benzene rings is 1. The average Bonchev–Trinajstić information content (AvgIpc) is 2.36. The fraction of sp³-hybridized carbons (Fsp3) is 0.308. The van der Waals surface area contributed by atoms with Crippen molar-refractivity contribution in [2.24, 2.45) is 5.73 Å². The molecule has 102 valence electrons. The summed E-state index contributed by atoms with van der Waals surface area (Å²) in [6, 6.07) is 8.56. The molecular formula is C13H13F3N2O. The summed E-state index contributed by atoms with van der Waals surface area (Å²) in [5.74, 6) is -0.0658. The van der Waals surface area contributed by atoms with Crippen molar-refractivity contribution >= 4 is 10.9 Å². The van der Waals surface area contributed by atoms with Crippen LogP contribution < -0.4 is 10.5 Å². The van der Waals surface area contributed by atoms with Crippen LogP contribution in [-0.4, -0.2) is 17.3 Å². The summed E-state index contributed by atoms with van der Waals surface area (Å²) >= 11 is 0. The van der Waals surface area contributed by atoms with Crippen molar-refractivity contribution in [3.05, 3.63) is 35.9 Å². The summed E-state index contributed by atoms with van der Waals surface area (Å²) in [4.78, 5) is 4.06. The molecule has 0 saturated carbocycles. The lowest BCUT2D eigenvalue weighted by Crippen LogP contribution is -2.31. The number of rotatable bonds is 3. The second-order valence-corrected chi connectivity index (χ2v) is 4.14. The van der Waals surface area contributed by atoms with E-state index >= 15 is 0 Å². The standard InChI is InChI=1S/C13H13F3N2O/c1-8(13(14,15)16)19-12-6-9(7-17)10-4-2-3-5-11(10)18-12/h2-6,8H,7,17H2,1H3. The molecule has 1 aromatic heterocycles. The summed E-state index contributed by atoms with van der Waals surface area (Å²) < 4.78 is 42.2. The van der Waals surface area contributed by atoms with E-state index in [4.69, 9.17) is 10.5 Å². The Bertz CT molecular complexity index is 584. The molecule has 1 heterocycles. The van der Waals surface area contributed by atoms with Crippen LogP contribution in [0.15, 0.2) is 30.3 Å². The Labute approximate surface area is 108 Å². The Kier molecular flexibility index (Phi) is 3.61. The maximum atomic E-state index is 12.5. The van der Waals surface area contributed by atoms with Gasteiger partial charge >= 0.3 is 6.18 Å². The number of nitrogens with zero attached hydrogens (tertiary/aromatic N) is 1. The average molecular weight is 270 g/mol. The number of para-hydroxylation sites is 1. The lowest BCUT2D eigenvalue weighted by atomic mass is 10.1. The Balaban J connectivity index is 2.40. The van der Waals surface area contributed by atoms with Crippen molar-refractivity contribution in [1.29, 1.82) is 0 Å². The van der Waals surface area contributed by atoms with E-state index in [1.807, 2.05) is 12.1 Å². The molecule has 0 amide bonds. The number of aromatic nitrogens is 1. The number of halogens is 3. The zero-order valence-corrected chi connectivity index (χ0v) is 10.2. The van der Waals surface area contributed by atoms with Gasteiger partial charge in [-0.3, -0.25) is 0 Å². The molecule has 1 unspecified atom stereocenters. The van der Waals surface area contributed by atoms with Gasteiger partial charge in [-0.15, -0.1) is 0 Å². The summed E-state index contributed by atoms with van der Waals surface area (Å²) in [5, 5.41) is 0.817. The zero-order chi connectivity index (χ0) is 14.0. The molecule has 0 aliphatic carbocycles. The van der Waals surface area contributed by atoms with Gasteiger partial charge in [-0.2, -0.15) is 13.2 Å². The lowest BCUT2D eigenvalue weighted by Gasteiger charge is -2.17. The van der Waals surface area contributed by atoms with E-state index in [1.54, 1.807) is 12.1 Å². The Hall–Kier alpha value is -1.82. The van der Waals surface area contributed by atoms with Crippen LogP contribution >= 0.6 is 0 Å². The second-order valence-electron chi connectivity index (χ2n) is 4.14. The van der Waals surface area contributed by atoms with Gasteiger partial charge < -0.3 is 10.5 Å². The summed E-state index contributed by atoms with van der Waals surface area (Å²) in [6.45, 7) is 1.15. The molecule has 2 aromatic rings. The first kappa shape index (κ1) is 13.6. The van der Waals surface area contributed by atoms with E-state index in [1.165, 1.54) is 6.07 Å². The number of hydrogen-bond acceptors (Lipinski definition) is 3. The van der Waals surface area contributed by atoms with E-state index in [0.717, 1.165) is 12.3 Å². The lowest BCUT2D eigenvalue weighted by molar-refractivity contribution is -0.189. The van der Waals surface area contributed by atoms with Crippen molar-refractivity contribution < 1.29 is 17.9 Å². The molecular weight excluding hydrogens is 257 g/mol. The van der Waals surface area contributed by atoms with Gasteiger partial charge in [0, 0.05) is 18.0 Å². The number of alkyl halides is 3. The van der Waals surface area contributed by atoms with Crippen molar-refractivity contribution in [3.63, 3.8) is 0 Å². The first-order valence-electron chi connectivity index (χ1n) is 5.74. The maximum absolute atomic E-state index is 12.5. The molecule has 0 fully saturated rings. The van der Waals surface area contributed by atoms with Crippen LogP contribution in [0, 0.1) is 0 Å². The number of nitrogens with two attached hydrogens (primary N) is 1. The van der Waals surface area contributed by atoms with Crippen LogP contribution in [-0.2, 0) is 6.54 Å². The molecule has 19 heavy (non-hydrogen) atoms. The maximum Gasteiger partial charge on any atom is 0.425 e. The Morgan fingerprint density at radius 3 is 2.63 bits per heavy atom. The van der Waals surface area contributed by atoms with E-state index < -0.39 is 12.3 Å². The molecule has 1 aromatic carbocycles. The first-order valence-corrected chi connectivity index (χ1v) is 5.74. The van der Waals surface area contributed by atoms with Gasteiger partial charge in [0.2, 0.25) is 5.88 Å². The van der Waals surface area contributed by atoms with Crippen molar-refractivity contribution in [3.8, 4) is 5.88 Å². The summed E-state index contributed by atoms with van der Waals surface area (Å²) in [5.41, 5.74) is 6.86. The molecule has 0 bridgehead atoms. The van der Waals surface area contributed by atoms with Crippen LogP contribution in [0.5, 0.6) is 5.88 Å². The van der Waals surface area contributed by atoms with E-state index in [2.05, 4.69) is 4.98 Å². The highest BCUT2D eigenvalue weighted by atomic mass is 19.4. The van der Waals surface area contributed by atoms with Crippen LogP contribution in [0.2, 0.25) is 0 Å². The molecule has 0 aliphatic heterocycles. The number of pyridine rings is 1. The first-order chi connectivity index (χ1) is 8.91. The predicted octanol–water partition coefficient (Wildman–Crippen LogP) is 3.02. The molecule has 0 saturated heterocycles. The second kappa shape index (κ2) is 5.05. The van der Waals surface area contributed by atoms with Crippen LogP contribution in [0.25, 0.3) is 10.9 Å². The Morgan fingerprint density at radius 2 is 2.00 bits per heavy atom. The highest BCUT2D eigenvalue weighted by Crippen LogP contribution is 2.27. The van der Waals surface area contributed by atoms with Gasteiger partial charge in [-0.05, 0) is 18.6 Å². The third kappa shape index (κ3) is 2.96. The fourth-order valence-electron chi connectivity index (χ4n) is 1.70. The smallest absolute Gasteiger partial charge is 0.425 e. The van der Waals surface area contributed by atoms with E-state index in [-0.39, 0.29) is 12.4 Å². The molecule has 0 aliphatic rings. The Morgan fingerprint density at radius 1 is 1.32 bits per heavy atom. The number of ether oxygens (including phenoxy) is 1. The van der Waals surface area contributed by atoms with Crippen molar-refractivity contribution in [2.45, 2.75) is 25.7 Å². The minimum atomic E-state index is -4.42. The summed E-state index contributed by atoms with van der Waals surface area (Å²) in [6.07, 6.45) is -6.33. The number of hydrogen-bond donors (Lipinski definition) is 1. The molecule has 0 spiro atoms. The molecule has 2 rings (SSSR count). The van der Waals surface area contributed by atoms with Crippen LogP contribution in [0.4, 0.5) is 13.2 Å². The SMILES string of the molecule is CC(Oc1cc(CN)c2ccccc2n1)C(F)(F)F. The largest absolute Gasteiger partial charge is 0.465 e. The van der Waals surface area contributed by atoms with Crippen molar-refractivity contribution in [1.82, 2.24) is 4.98 Å². The monoisotopic (exact) mass is 270 g/mol. The van der Waals surface area contributed by atoms with Crippen molar-refractivity contribution in [2.75, 3.05) is 0 Å². The van der Waals surface area contributed by atoms with Gasteiger partial charge in [0.1, 0.15) is 0 Å². The highest BCUT2D eigenvalue weighted by Gasteiger charge is 2.38. The van der Waals surface area contributed by atoms with Gasteiger partial charge in [-0.25, -0.2) is 4.98 Å². The van der Waals surface area contributed by atoms with Gasteiger partial charge in [0.25, 0.3) is 0 Å². The molecule has 3 nitrogen and oxygen atoms in total. The topological polar surface area (TPSA) is 48.1 Å². The minimum Gasteiger partial charge on any atom is -0.465 e. The third-order valence-corrected chi connectivity index (χ3v) is 2.76. The minimum absolute atomic E-state index is 0.0658. The molecule has 1 atom stereocenters. The molecule has 2 N–H and O–H groups in total. The van der Waals surface area contributed by atoms with Gasteiger partial charge in [0.15, 0.2) is 6.10 Å². The van der Waals surface area contributed by atoms with E-state index in [0.29, 0.717) is 11.1 Å². The zero-order valence-electron chi connectivity index (χ0n) is 10.2. The molecule has 6 heteroatoms. The number of fused-ring (bicyclic) bond motifs is 1. The quantitative estimate of drug-likeness (QED) is 0.932.